The summed E-state index contributed by atoms with van der Waals surface area (Å²) in [5, 5.41) is 10.9. The van der Waals surface area contributed by atoms with Crippen LogP contribution in [0.15, 0.2) is 61.2 Å². The summed E-state index contributed by atoms with van der Waals surface area (Å²) in [5.74, 6) is 0.219. The van der Waals surface area contributed by atoms with Crippen molar-refractivity contribution in [2.45, 2.75) is 25.0 Å². The molecule has 0 radical (unpaired) electrons. The van der Waals surface area contributed by atoms with E-state index < -0.39 is 12.3 Å². The molecule has 1 unspecified atom stereocenters. The smallest absolute Gasteiger partial charge is 0.350 e. The minimum absolute atomic E-state index is 0.0482. The molecule has 1 aliphatic heterocycles. The first-order valence-electron chi connectivity index (χ1n) is 12.0. The summed E-state index contributed by atoms with van der Waals surface area (Å²) in [5.41, 5.74) is 15.1. The Balaban J connectivity index is 1.54. The van der Waals surface area contributed by atoms with Crippen LogP contribution < -0.4 is 32.7 Å². The molecule has 37 heavy (non-hydrogen) atoms. The van der Waals surface area contributed by atoms with E-state index in [1.165, 1.54) is 10.7 Å². The molecule has 2 atom stereocenters. The maximum Gasteiger partial charge on any atom is 0.350 e. The molecule has 0 spiro atoms. The van der Waals surface area contributed by atoms with Crippen molar-refractivity contribution in [3.05, 3.63) is 72.3 Å². The second kappa shape index (κ2) is 12.5. The number of hydrogen-bond donors (Lipinski definition) is 6. The maximum atomic E-state index is 12.5. The van der Waals surface area contributed by atoms with Gasteiger partial charge in [-0.25, -0.2) is 14.7 Å². The third-order valence-electron chi connectivity index (χ3n) is 6.27. The highest BCUT2D eigenvalue weighted by atomic mass is 16.2. The van der Waals surface area contributed by atoms with E-state index >= 15 is 0 Å². The second-order valence-corrected chi connectivity index (χ2v) is 8.77. The lowest BCUT2D eigenvalue weighted by Gasteiger charge is -2.32. The summed E-state index contributed by atoms with van der Waals surface area (Å²) in [4.78, 5) is 37.9. The number of urea groups is 1. The van der Waals surface area contributed by atoms with Gasteiger partial charge in [0.05, 0.1) is 12.7 Å². The lowest BCUT2D eigenvalue weighted by molar-refractivity contribution is -0.542. The average Bonchev–Trinajstić information content (AvgIpc) is 2.92. The molecular weight excluding hydrogens is 472 g/mol. The number of anilines is 2. The fourth-order valence-corrected chi connectivity index (χ4v) is 4.05. The van der Waals surface area contributed by atoms with Gasteiger partial charge < -0.3 is 15.5 Å². The number of rotatable bonds is 7. The predicted molar refractivity (Wildman–Crippen MR) is 144 cm³/mol. The molecular formula is C26H35N8O3+. The van der Waals surface area contributed by atoms with E-state index in [2.05, 4.69) is 27.8 Å². The molecule has 0 bridgehead atoms. The second-order valence-electron chi connectivity index (χ2n) is 8.77. The first kappa shape index (κ1) is 27.2. The van der Waals surface area contributed by atoms with Crippen molar-refractivity contribution < 1.29 is 19.0 Å². The first-order valence-corrected chi connectivity index (χ1v) is 12.0. The lowest BCUT2D eigenvalue weighted by Crippen LogP contribution is -2.53. The summed E-state index contributed by atoms with van der Waals surface area (Å²) < 4.78 is 1.47. The highest BCUT2D eigenvalue weighted by Crippen LogP contribution is 2.28. The summed E-state index contributed by atoms with van der Waals surface area (Å²) in [6.45, 7) is 4.97. The molecule has 2 aromatic rings. The molecule has 11 nitrogen and oxygen atoms in total. The van der Waals surface area contributed by atoms with Crippen LogP contribution in [-0.2, 0) is 4.79 Å². The van der Waals surface area contributed by atoms with Crippen molar-refractivity contribution in [3.8, 4) is 0 Å². The third kappa shape index (κ3) is 7.31. The molecule has 0 saturated carbocycles. The normalized spacial score (nSPS) is 16.6. The highest BCUT2D eigenvalue weighted by Gasteiger charge is 2.23. The standard InChI is InChI=1S/C26H34N8O3/c1-4-22(35)34-15-5-6-19(16-34)17-7-11-21(12-8-17)31-26(37)32-25(28)33(3)24(27)30-20-13-9-18(10-14-20)23(36)29-2/h4,7-14,19,25H,1,5-6,15-16,28H2,2-3H3,(H5,27,29,30,31,32,36,37)/p+1/t19-,25?/m0/s1. The fraction of sp³-hybridized carbons (Fsp3) is 0.308. The SMILES string of the molecule is C=CC(=O)N1CCC[C@H](c2ccc(NC(=O)NC(N)/[N+](C)=C(\N)Nc3ccc(C(=O)NC)cc3)cc2)C1. The Labute approximate surface area is 216 Å². The van der Waals surface area contributed by atoms with E-state index in [9.17, 15) is 14.4 Å². The number of likely N-dealkylation sites (tertiary alicyclic amines) is 1. The van der Waals surface area contributed by atoms with Crippen molar-refractivity contribution in [2.75, 3.05) is 37.8 Å². The predicted octanol–water partition coefficient (Wildman–Crippen LogP) is 1.37. The maximum absolute atomic E-state index is 12.5. The topological polar surface area (TPSA) is 158 Å². The number of nitrogens with one attached hydrogen (secondary N) is 4. The van der Waals surface area contributed by atoms with Gasteiger partial charge in [-0.1, -0.05) is 18.7 Å². The molecule has 8 N–H and O–H groups in total. The number of benzene rings is 2. The van der Waals surface area contributed by atoms with Crippen molar-refractivity contribution >= 4 is 35.2 Å². The van der Waals surface area contributed by atoms with Crippen molar-refractivity contribution in [1.29, 1.82) is 0 Å². The molecule has 3 rings (SSSR count). The summed E-state index contributed by atoms with van der Waals surface area (Å²) in [6, 6.07) is 13.8. The first-order chi connectivity index (χ1) is 17.7. The Morgan fingerprint density at radius 1 is 1.08 bits per heavy atom. The Kier molecular flexibility index (Phi) is 9.22. The van der Waals surface area contributed by atoms with Gasteiger partial charge >= 0.3 is 12.0 Å². The molecule has 1 saturated heterocycles. The largest absolute Gasteiger partial charge is 0.355 e. The van der Waals surface area contributed by atoms with Crippen LogP contribution in [-0.4, -0.2) is 66.8 Å². The lowest BCUT2D eigenvalue weighted by atomic mass is 9.90. The van der Waals surface area contributed by atoms with Crippen LogP contribution >= 0.6 is 0 Å². The van der Waals surface area contributed by atoms with Crippen molar-refractivity contribution in [1.82, 2.24) is 15.5 Å². The monoisotopic (exact) mass is 507 g/mol. The number of piperidine rings is 1. The Morgan fingerprint density at radius 3 is 2.32 bits per heavy atom. The fourth-order valence-electron chi connectivity index (χ4n) is 4.05. The zero-order valence-electron chi connectivity index (χ0n) is 21.2. The molecule has 1 heterocycles. The number of carbonyl (C=O) groups is 3. The summed E-state index contributed by atoms with van der Waals surface area (Å²) >= 11 is 0. The number of carbonyl (C=O) groups excluding carboxylic acids is 3. The van der Waals surface area contributed by atoms with Gasteiger partial charge in [0.25, 0.3) is 5.91 Å². The number of guanidine groups is 1. The Morgan fingerprint density at radius 2 is 1.70 bits per heavy atom. The van der Waals surface area contributed by atoms with Crippen LogP contribution in [0.1, 0.15) is 34.7 Å². The molecule has 0 aromatic heterocycles. The van der Waals surface area contributed by atoms with Crippen LogP contribution in [0.2, 0.25) is 0 Å². The minimum Gasteiger partial charge on any atom is -0.355 e. The van der Waals surface area contributed by atoms with E-state index in [1.807, 2.05) is 29.2 Å². The van der Waals surface area contributed by atoms with Crippen LogP contribution in [0.5, 0.6) is 0 Å². The summed E-state index contributed by atoms with van der Waals surface area (Å²) in [7, 11) is 3.19. The summed E-state index contributed by atoms with van der Waals surface area (Å²) in [6.07, 6.45) is 2.38. The molecule has 0 aliphatic carbocycles. The van der Waals surface area contributed by atoms with Gasteiger partial charge in [0.2, 0.25) is 12.2 Å². The van der Waals surface area contributed by atoms with Gasteiger partial charge in [0.15, 0.2) is 0 Å². The van der Waals surface area contributed by atoms with E-state index in [-0.39, 0.29) is 23.7 Å². The van der Waals surface area contributed by atoms with E-state index in [1.54, 1.807) is 38.4 Å². The molecule has 4 amide bonds. The number of nitrogens with two attached hydrogens (primary N) is 2. The zero-order chi connectivity index (χ0) is 26.9. The molecule has 1 fully saturated rings. The van der Waals surface area contributed by atoms with Crippen LogP contribution in [0.3, 0.4) is 0 Å². The van der Waals surface area contributed by atoms with Crippen molar-refractivity contribution in [3.63, 3.8) is 0 Å². The van der Waals surface area contributed by atoms with E-state index in [0.29, 0.717) is 23.5 Å². The Bertz CT molecular complexity index is 1160. The van der Waals surface area contributed by atoms with Crippen LogP contribution in [0.4, 0.5) is 16.2 Å². The quantitative estimate of drug-likeness (QED) is 0.109. The van der Waals surface area contributed by atoms with Gasteiger partial charge in [-0.2, -0.15) is 0 Å². The zero-order valence-corrected chi connectivity index (χ0v) is 21.2. The highest BCUT2D eigenvalue weighted by molar-refractivity contribution is 5.95. The molecule has 2 aromatic carbocycles. The van der Waals surface area contributed by atoms with Crippen molar-refractivity contribution in [2.24, 2.45) is 11.5 Å². The van der Waals surface area contributed by atoms with Gasteiger partial charge in [-0.05, 0) is 60.9 Å². The number of nitrogens with zero attached hydrogens (tertiary/aromatic N) is 2. The molecule has 196 valence electrons. The van der Waals surface area contributed by atoms with Gasteiger partial charge in [-0.15, -0.1) is 0 Å². The van der Waals surface area contributed by atoms with E-state index in [0.717, 1.165) is 24.9 Å². The molecule has 11 heteroatoms. The van der Waals surface area contributed by atoms with Gasteiger partial charge in [0.1, 0.15) is 0 Å². The van der Waals surface area contributed by atoms with Crippen LogP contribution in [0.25, 0.3) is 0 Å². The third-order valence-corrected chi connectivity index (χ3v) is 6.27. The van der Waals surface area contributed by atoms with Gasteiger partial charge in [0, 0.05) is 37.3 Å². The minimum atomic E-state index is -0.910. The molecule has 1 aliphatic rings. The van der Waals surface area contributed by atoms with Crippen LogP contribution in [0, 0.1) is 0 Å². The van der Waals surface area contributed by atoms with E-state index in [4.69, 9.17) is 11.5 Å². The Hall–Kier alpha value is -4.38. The average molecular weight is 508 g/mol. The van der Waals surface area contributed by atoms with Gasteiger partial charge in [-0.3, -0.25) is 26.4 Å². The number of amides is 4. The number of hydrogen-bond acceptors (Lipinski definition) is 4.